The minimum absolute atomic E-state index is 0.0259. The van der Waals surface area contributed by atoms with Gasteiger partial charge in [-0.2, -0.15) is 0 Å². The van der Waals surface area contributed by atoms with Gasteiger partial charge in [-0.15, -0.1) is 0 Å². The predicted molar refractivity (Wildman–Crippen MR) is 71.9 cm³/mol. The Morgan fingerprint density at radius 1 is 1.22 bits per heavy atom. The highest BCUT2D eigenvalue weighted by atomic mass is 16.5. The van der Waals surface area contributed by atoms with Crippen LogP contribution in [0.1, 0.15) is 18.9 Å². The molecule has 102 valence electrons. The van der Waals surface area contributed by atoms with E-state index in [0.717, 1.165) is 24.3 Å². The van der Waals surface area contributed by atoms with Crippen LogP contribution in [0.15, 0.2) is 24.3 Å². The van der Waals surface area contributed by atoms with Crippen molar-refractivity contribution in [3.63, 3.8) is 0 Å². The summed E-state index contributed by atoms with van der Waals surface area (Å²) in [4.78, 5) is 0. The third kappa shape index (κ3) is 5.49. The standard InChI is InChI=1S/C14H23NO3/c1-2-8-15-13(10-17)11-18-14-5-3-12(4-6-14)7-9-16/h3-6,13,15-17H,2,7-11H2,1H3. The first-order chi connectivity index (χ1) is 8.80. The molecule has 1 atom stereocenters. The van der Waals surface area contributed by atoms with Gasteiger partial charge in [-0.3, -0.25) is 0 Å². The first-order valence-electron chi connectivity index (χ1n) is 6.47. The van der Waals surface area contributed by atoms with Gasteiger partial charge in [-0.05, 0) is 37.1 Å². The fourth-order valence-corrected chi connectivity index (χ4v) is 1.60. The van der Waals surface area contributed by atoms with Crippen molar-refractivity contribution in [1.82, 2.24) is 5.32 Å². The van der Waals surface area contributed by atoms with Crippen molar-refractivity contribution in [3.8, 4) is 5.75 Å². The number of aliphatic hydroxyl groups is 2. The number of aliphatic hydroxyl groups excluding tert-OH is 2. The number of benzene rings is 1. The minimum atomic E-state index is -0.0259. The summed E-state index contributed by atoms with van der Waals surface area (Å²) in [6.07, 6.45) is 1.70. The Labute approximate surface area is 109 Å². The maximum atomic E-state index is 9.17. The average Bonchev–Trinajstić information content (AvgIpc) is 2.41. The van der Waals surface area contributed by atoms with Crippen LogP contribution in [0.4, 0.5) is 0 Å². The summed E-state index contributed by atoms with van der Waals surface area (Å²) in [5.74, 6) is 0.786. The Bertz CT molecular complexity index is 313. The minimum Gasteiger partial charge on any atom is -0.492 e. The lowest BCUT2D eigenvalue weighted by molar-refractivity contribution is 0.183. The molecule has 0 bridgehead atoms. The number of hydrogen-bond acceptors (Lipinski definition) is 4. The maximum absolute atomic E-state index is 9.17. The van der Waals surface area contributed by atoms with Gasteiger partial charge >= 0.3 is 0 Å². The van der Waals surface area contributed by atoms with Crippen LogP contribution in [-0.2, 0) is 6.42 Å². The first-order valence-corrected chi connectivity index (χ1v) is 6.47. The van der Waals surface area contributed by atoms with E-state index in [2.05, 4.69) is 12.2 Å². The van der Waals surface area contributed by atoms with E-state index in [1.165, 1.54) is 0 Å². The predicted octanol–water partition coefficient (Wildman–Crippen LogP) is 0.961. The van der Waals surface area contributed by atoms with Gasteiger partial charge in [0.05, 0.1) is 12.6 Å². The molecule has 1 aromatic rings. The molecule has 18 heavy (non-hydrogen) atoms. The summed E-state index contributed by atoms with van der Waals surface area (Å²) in [6.45, 7) is 3.65. The lowest BCUT2D eigenvalue weighted by atomic mass is 10.1. The molecule has 0 radical (unpaired) electrons. The molecule has 0 amide bonds. The summed E-state index contributed by atoms with van der Waals surface area (Å²) in [6, 6.07) is 7.64. The van der Waals surface area contributed by atoms with Crippen LogP contribution in [0.25, 0.3) is 0 Å². The van der Waals surface area contributed by atoms with Crippen LogP contribution < -0.4 is 10.1 Å². The number of rotatable bonds is 9. The number of ether oxygens (including phenoxy) is 1. The molecule has 4 nitrogen and oxygen atoms in total. The van der Waals surface area contributed by atoms with E-state index in [1.807, 2.05) is 24.3 Å². The molecule has 0 heterocycles. The zero-order chi connectivity index (χ0) is 13.2. The lowest BCUT2D eigenvalue weighted by Gasteiger charge is -2.16. The molecule has 1 unspecified atom stereocenters. The van der Waals surface area contributed by atoms with Gasteiger partial charge in [0, 0.05) is 6.61 Å². The smallest absolute Gasteiger partial charge is 0.119 e. The third-order valence-electron chi connectivity index (χ3n) is 2.68. The lowest BCUT2D eigenvalue weighted by Crippen LogP contribution is -2.38. The Morgan fingerprint density at radius 3 is 2.50 bits per heavy atom. The second-order valence-corrected chi connectivity index (χ2v) is 4.26. The van der Waals surface area contributed by atoms with E-state index in [0.29, 0.717) is 13.0 Å². The largest absolute Gasteiger partial charge is 0.492 e. The van der Waals surface area contributed by atoms with Crippen LogP contribution in [0.2, 0.25) is 0 Å². The fourth-order valence-electron chi connectivity index (χ4n) is 1.60. The quantitative estimate of drug-likeness (QED) is 0.613. The third-order valence-corrected chi connectivity index (χ3v) is 2.68. The number of nitrogens with one attached hydrogen (secondary N) is 1. The van der Waals surface area contributed by atoms with E-state index in [9.17, 15) is 5.11 Å². The topological polar surface area (TPSA) is 61.7 Å². The molecule has 4 heteroatoms. The molecule has 0 aliphatic rings. The van der Waals surface area contributed by atoms with Crippen molar-refractivity contribution in [2.75, 3.05) is 26.4 Å². The summed E-state index contributed by atoms with van der Waals surface area (Å²) >= 11 is 0. The van der Waals surface area contributed by atoms with Crippen LogP contribution in [0, 0.1) is 0 Å². The summed E-state index contributed by atoms with van der Waals surface area (Å²) in [5, 5.41) is 21.2. The van der Waals surface area contributed by atoms with Crippen molar-refractivity contribution >= 4 is 0 Å². The van der Waals surface area contributed by atoms with Crippen LogP contribution in [-0.4, -0.2) is 42.6 Å². The van der Waals surface area contributed by atoms with Crippen molar-refractivity contribution in [3.05, 3.63) is 29.8 Å². The molecule has 1 aromatic carbocycles. The van der Waals surface area contributed by atoms with E-state index in [1.54, 1.807) is 0 Å². The molecule has 0 aliphatic heterocycles. The molecule has 3 N–H and O–H groups in total. The van der Waals surface area contributed by atoms with Crippen LogP contribution in [0.3, 0.4) is 0 Å². The molecule has 0 fully saturated rings. The molecular weight excluding hydrogens is 230 g/mol. The monoisotopic (exact) mass is 253 g/mol. The normalized spacial score (nSPS) is 12.4. The van der Waals surface area contributed by atoms with Gasteiger partial charge in [0.15, 0.2) is 0 Å². The van der Waals surface area contributed by atoms with Crippen LogP contribution >= 0.6 is 0 Å². The van der Waals surface area contributed by atoms with Crippen molar-refractivity contribution in [1.29, 1.82) is 0 Å². The second kappa shape index (κ2) is 8.91. The van der Waals surface area contributed by atoms with Gasteiger partial charge in [0.2, 0.25) is 0 Å². The van der Waals surface area contributed by atoms with E-state index in [4.69, 9.17) is 9.84 Å². The van der Waals surface area contributed by atoms with Gasteiger partial charge < -0.3 is 20.3 Å². The Kier molecular flexibility index (Phi) is 7.41. The zero-order valence-corrected chi connectivity index (χ0v) is 10.9. The molecule has 0 saturated heterocycles. The Balaban J connectivity index is 2.37. The second-order valence-electron chi connectivity index (χ2n) is 4.26. The van der Waals surface area contributed by atoms with Crippen molar-refractivity contribution in [2.24, 2.45) is 0 Å². The van der Waals surface area contributed by atoms with Crippen molar-refractivity contribution < 1.29 is 14.9 Å². The summed E-state index contributed by atoms with van der Waals surface area (Å²) < 4.78 is 5.60. The molecular formula is C14H23NO3. The molecule has 1 rings (SSSR count). The summed E-state index contributed by atoms with van der Waals surface area (Å²) in [7, 11) is 0. The SMILES string of the molecule is CCCNC(CO)COc1ccc(CCO)cc1. The Hall–Kier alpha value is -1.10. The Morgan fingerprint density at radius 2 is 1.94 bits per heavy atom. The number of hydrogen-bond donors (Lipinski definition) is 3. The van der Waals surface area contributed by atoms with E-state index < -0.39 is 0 Å². The molecule has 0 aromatic heterocycles. The van der Waals surface area contributed by atoms with Gasteiger partial charge in [0.25, 0.3) is 0 Å². The highest BCUT2D eigenvalue weighted by Gasteiger charge is 2.06. The fraction of sp³-hybridized carbons (Fsp3) is 0.571. The highest BCUT2D eigenvalue weighted by Crippen LogP contribution is 2.12. The van der Waals surface area contributed by atoms with E-state index >= 15 is 0 Å². The van der Waals surface area contributed by atoms with E-state index in [-0.39, 0.29) is 19.3 Å². The molecule has 0 aliphatic carbocycles. The maximum Gasteiger partial charge on any atom is 0.119 e. The zero-order valence-electron chi connectivity index (χ0n) is 10.9. The molecule has 0 spiro atoms. The highest BCUT2D eigenvalue weighted by molar-refractivity contribution is 5.27. The average molecular weight is 253 g/mol. The molecule has 0 saturated carbocycles. The van der Waals surface area contributed by atoms with Gasteiger partial charge in [0.1, 0.15) is 12.4 Å². The van der Waals surface area contributed by atoms with Crippen LogP contribution in [0.5, 0.6) is 5.75 Å². The van der Waals surface area contributed by atoms with Gasteiger partial charge in [-0.25, -0.2) is 0 Å². The first kappa shape index (κ1) is 15.0. The summed E-state index contributed by atoms with van der Waals surface area (Å²) in [5.41, 5.74) is 1.09. The van der Waals surface area contributed by atoms with Crippen molar-refractivity contribution in [2.45, 2.75) is 25.8 Å². The van der Waals surface area contributed by atoms with Gasteiger partial charge in [-0.1, -0.05) is 19.1 Å².